The molecule has 0 bridgehead atoms. The third kappa shape index (κ3) is 14.0. The Labute approximate surface area is 129 Å². The summed E-state index contributed by atoms with van der Waals surface area (Å²) >= 11 is 0. The second kappa shape index (κ2) is 7.53. The zero-order valence-electron chi connectivity index (χ0n) is 15.1. The van der Waals surface area contributed by atoms with Crippen molar-refractivity contribution in [3.8, 4) is 23.7 Å². The van der Waals surface area contributed by atoms with Crippen LogP contribution in [0.4, 0.5) is 0 Å². The normalized spacial score (nSPS) is 12.5. The molecule has 0 N–H and O–H groups in total. The fourth-order valence-corrected chi connectivity index (χ4v) is 3.95. The highest BCUT2D eigenvalue weighted by molar-refractivity contribution is 7.58. The van der Waals surface area contributed by atoms with Crippen LogP contribution in [-0.2, 0) is 0 Å². The Balaban J connectivity index is 4.72. The molecule has 114 valence electrons. The molecule has 0 aromatic carbocycles. The first-order chi connectivity index (χ1) is 8.79. The Bertz CT molecular complexity index is 368. The Morgan fingerprint density at radius 2 is 1.00 bits per heavy atom. The lowest BCUT2D eigenvalue weighted by atomic mass is 9.98. The molecule has 0 nitrogen and oxygen atoms in total. The van der Waals surface area contributed by atoms with Gasteiger partial charge in [0.1, 0.15) is 0 Å². The highest BCUT2D eigenvalue weighted by atomic mass is 31.1. The van der Waals surface area contributed by atoms with Gasteiger partial charge in [-0.3, -0.25) is 0 Å². The van der Waals surface area contributed by atoms with E-state index in [0.29, 0.717) is 5.41 Å². The summed E-state index contributed by atoms with van der Waals surface area (Å²) in [6.07, 6.45) is 3.31. The highest BCUT2D eigenvalue weighted by Crippen LogP contribution is 2.40. The summed E-state index contributed by atoms with van der Waals surface area (Å²) in [6, 6.07) is 0. The fourth-order valence-electron chi connectivity index (χ4n) is 1.67. The first-order valence-electron chi connectivity index (χ1n) is 7.51. The van der Waals surface area contributed by atoms with Crippen molar-refractivity contribution in [2.24, 2.45) is 16.2 Å². The van der Waals surface area contributed by atoms with Gasteiger partial charge in [-0.1, -0.05) is 52.4 Å². The van der Waals surface area contributed by atoms with Gasteiger partial charge in [-0.2, -0.15) is 0 Å². The minimum absolute atomic E-state index is 0.102. The van der Waals surface area contributed by atoms with Crippen molar-refractivity contribution in [3.63, 3.8) is 0 Å². The molecular formula is C19H33P. The van der Waals surface area contributed by atoms with Crippen molar-refractivity contribution in [2.75, 3.05) is 18.5 Å². The van der Waals surface area contributed by atoms with Gasteiger partial charge >= 0.3 is 0 Å². The second-order valence-corrected chi connectivity index (χ2v) is 11.1. The van der Waals surface area contributed by atoms with E-state index in [1.54, 1.807) is 0 Å². The van der Waals surface area contributed by atoms with Crippen LogP contribution in [0.2, 0.25) is 0 Å². The standard InChI is InChI=1S/C19H33P/c1-17(2,3)12-10-14-20(16-19(7,8)9)15-11-13-18(4,5)6/h14-16H2,1-9H3. The Morgan fingerprint density at radius 3 is 1.25 bits per heavy atom. The minimum Gasteiger partial charge on any atom is -0.0980 e. The van der Waals surface area contributed by atoms with Crippen LogP contribution in [0.5, 0.6) is 0 Å². The molecular weight excluding hydrogens is 259 g/mol. The third-order valence-corrected chi connectivity index (χ3v) is 4.84. The van der Waals surface area contributed by atoms with E-state index in [9.17, 15) is 0 Å². The van der Waals surface area contributed by atoms with E-state index >= 15 is 0 Å². The van der Waals surface area contributed by atoms with E-state index in [4.69, 9.17) is 0 Å². The van der Waals surface area contributed by atoms with Gasteiger partial charge < -0.3 is 0 Å². The van der Waals surface area contributed by atoms with Crippen LogP contribution in [0.25, 0.3) is 0 Å². The van der Waals surface area contributed by atoms with Crippen molar-refractivity contribution in [1.29, 1.82) is 0 Å². The number of rotatable bonds is 3. The van der Waals surface area contributed by atoms with E-state index in [-0.39, 0.29) is 18.8 Å². The zero-order chi connectivity index (χ0) is 16.0. The number of hydrogen-bond acceptors (Lipinski definition) is 0. The van der Waals surface area contributed by atoms with Gasteiger partial charge in [0.15, 0.2) is 0 Å². The van der Waals surface area contributed by atoms with Gasteiger partial charge in [0.05, 0.1) is 0 Å². The fraction of sp³-hybridized carbons (Fsp3) is 0.789. The lowest BCUT2D eigenvalue weighted by Crippen LogP contribution is -2.12. The van der Waals surface area contributed by atoms with Crippen LogP contribution < -0.4 is 0 Å². The molecule has 0 spiro atoms. The lowest BCUT2D eigenvalue weighted by molar-refractivity contribution is 0.477. The summed E-state index contributed by atoms with van der Waals surface area (Å²) in [7, 11) is -0.102. The van der Waals surface area contributed by atoms with Gasteiger partial charge in [0, 0.05) is 23.2 Å². The van der Waals surface area contributed by atoms with Crippen molar-refractivity contribution in [3.05, 3.63) is 0 Å². The summed E-state index contributed by atoms with van der Waals surface area (Å²) in [4.78, 5) is 0. The minimum atomic E-state index is -0.102. The number of hydrogen-bond donors (Lipinski definition) is 0. The molecule has 0 aliphatic heterocycles. The average molecular weight is 292 g/mol. The Hall–Kier alpha value is -0.450. The van der Waals surface area contributed by atoms with Crippen LogP contribution >= 0.6 is 7.92 Å². The molecule has 0 aliphatic carbocycles. The average Bonchev–Trinajstić information content (AvgIpc) is 2.10. The van der Waals surface area contributed by atoms with Crippen LogP contribution in [0, 0.1) is 39.9 Å². The molecule has 0 rings (SSSR count). The monoisotopic (exact) mass is 292 g/mol. The molecule has 0 aromatic heterocycles. The SMILES string of the molecule is CC(C)(C)C#CCP(CC#CC(C)(C)C)CC(C)(C)C. The molecule has 1 heteroatoms. The summed E-state index contributed by atoms with van der Waals surface area (Å²) in [5.41, 5.74) is 0.595. The summed E-state index contributed by atoms with van der Waals surface area (Å²) in [5, 5.41) is 0. The van der Waals surface area contributed by atoms with Gasteiger partial charge in [0.25, 0.3) is 0 Å². The first-order valence-corrected chi connectivity index (χ1v) is 9.41. The van der Waals surface area contributed by atoms with E-state index in [0.717, 1.165) is 12.3 Å². The lowest BCUT2D eigenvalue weighted by Gasteiger charge is -2.24. The topological polar surface area (TPSA) is 0 Å². The Kier molecular flexibility index (Phi) is 7.36. The molecule has 0 saturated carbocycles. The molecule has 20 heavy (non-hydrogen) atoms. The summed E-state index contributed by atoms with van der Waals surface area (Å²) < 4.78 is 0. The second-order valence-electron chi connectivity index (χ2n) is 8.81. The maximum atomic E-state index is 3.41. The van der Waals surface area contributed by atoms with Crippen LogP contribution in [0.3, 0.4) is 0 Å². The predicted octanol–water partition coefficient (Wildman–Crippen LogP) is 5.61. The summed E-state index contributed by atoms with van der Waals surface area (Å²) in [5.74, 6) is 13.5. The van der Waals surface area contributed by atoms with Gasteiger partial charge in [-0.05, 0) is 53.1 Å². The smallest absolute Gasteiger partial charge is 0.0300 e. The van der Waals surface area contributed by atoms with E-state index in [1.165, 1.54) is 6.16 Å². The molecule has 0 aliphatic rings. The predicted molar refractivity (Wildman–Crippen MR) is 95.4 cm³/mol. The molecule has 0 fully saturated rings. The van der Waals surface area contributed by atoms with E-state index in [2.05, 4.69) is 86.0 Å². The Morgan fingerprint density at radius 1 is 0.650 bits per heavy atom. The van der Waals surface area contributed by atoms with Crippen molar-refractivity contribution >= 4 is 7.92 Å². The molecule has 0 aromatic rings. The van der Waals surface area contributed by atoms with Crippen molar-refractivity contribution in [1.82, 2.24) is 0 Å². The zero-order valence-corrected chi connectivity index (χ0v) is 16.0. The van der Waals surface area contributed by atoms with Crippen LogP contribution in [-0.4, -0.2) is 18.5 Å². The van der Waals surface area contributed by atoms with E-state index in [1.807, 2.05) is 0 Å². The molecule has 0 radical (unpaired) electrons. The molecule has 0 saturated heterocycles. The first kappa shape index (κ1) is 19.6. The molecule has 0 heterocycles. The molecule has 0 atom stereocenters. The van der Waals surface area contributed by atoms with Crippen molar-refractivity contribution in [2.45, 2.75) is 62.3 Å². The maximum absolute atomic E-state index is 3.41. The third-order valence-electron chi connectivity index (χ3n) is 2.23. The van der Waals surface area contributed by atoms with Crippen LogP contribution in [0.15, 0.2) is 0 Å². The highest BCUT2D eigenvalue weighted by Gasteiger charge is 2.17. The largest absolute Gasteiger partial charge is 0.0980 e. The summed E-state index contributed by atoms with van der Waals surface area (Å²) in [6.45, 7) is 20.0. The quantitative estimate of drug-likeness (QED) is 0.468. The molecule has 0 amide bonds. The van der Waals surface area contributed by atoms with Crippen LogP contribution in [0.1, 0.15) is 62.3 Å². The molecule has 0 unspecified atom stereocenters. The van der Waals surface area contributed by atoms with E-state index < -0.39 is 0 Å². The van der Waals surface area contributed by atoms with Crippen molar-refractivity contribution < 1.29 is 0 Å². The maximum Gasteiger partial charge on any atom is 0.0300 e. The van der Waals surface area contributed by atoms with Gasteiger partial charge in [-0.15, -0.1) is 0 Å². The van der Waals surface area contributed by atoms with Gasteiger partial charge in [0.2, 0.25) is 0 Å². The van der Waals surface area contributed by atoms with Gasteiger partial charge in [-0.25, -0.2) is 0 Å².